The molecule has 0 fully saturated rings. The highest BCUT2D eigenvalue weighted by Crippen LogP contribution is 2.08. The summed E-state index contributed by atoms with van der Waals surface area (Å²) in [5.74, 6) is 0. The molecule has 0 bridgehead atoms. The molecule has 0 amide bonds. The topological polar surface area (TPSA) is 36.4 Å². The first-order valence-electron chi connectivity index (χ1n) is 6.14. The lowest BCUT2D eigenvalue weighted by Gasteiger charge is -2.21. The SMILES string of the molecule is OCCN(Cc1ccccc1)Cc1ccncc1. The second-order valence-corrected chi connectivity index (χ2v) is 4.28. The summed E-state index contributed by atoms with van der Waals surface area (Å²) in [6, 6.07) is 14.3. The fourth-order valence-electron chi connectivity index (χ4n) is 1.94. The molecule has 2 rings (SSSR count). The van der Waals surface area contributed by atoms with Crippen molar-refractivity contribution in [1.82, 2.24) is 9.88 Å². The molecule has 0 unspecified atom stereocenters. The second kappa shape index (κ2) is 6.89. The summed E-state index contributed by atoms with van der Waals surface area (Å²) in [7, 11) is 0. The predicted octanol–water partition coefficient (Wildman–Crippen LogP) is 2.08. The van der Waals surface area contributed by atoms with Gasteiger partial charge >= 0.3 is 0 Å². The van der Waals surface area contributed by atoms with Gasteiger partial charge in [0, 0.05) is 32.0 Å². The van der Waals surface area contributed by atoms with Gasteiger partial charge in [-0.3, -0.25) is 9.88 Å². The molecule has 0 atom stereocenters. The van der Waals surface area contributed by atoms with Crippen molar-refractivity contribution in [2.24, 2.45) is 0 Å². The van der Waals surface area contributed by atoms with Gasteiger partial charge in [0.2, 0.25) is 0 Å². The van der Waals surface area contributed by atoms with E-state index in [1.165, 1.54) is 11.1 Å². The van der Waals surface area contributed by atoms with Gasteiger partial charge in [-0.05, 0) is 23.3 Å². The van der Waals surface area contributed by atoms with Gasteiger partial charge in [-0.25, -0.2) is 0 Å². The predicted molar refractivity (Wildman–Crippen MR) is 71.9 cm³/mol. The Morgan fingerprint density at radius 3 is 2.11 bits per heavy atom. The van der Waals surface area contributed by atoms with Crippen LogP contribution in [0.25, 0.3) is 0 Å². The zero-order valence-electron chi connectivity index (χ0n) is 10.4. The number of aliphatic hydroxyl groups excluding tert-OH is 1. The lowest BCUT2D eigenvalue weighted by molar-refractivity contribution is 0.184. The number of aromatic nitrogens is 1. The first-order chi connectivity index (χ1) is 8.88. The van der Waals surface area contributed by atoms with Crippen LogP contribution in [-0.2, 0) is 13.1 Å². The molecule has 94 valence electrons. The maximum absolute atomic E-state index is 9.14. The monoisotopic (exact) mass is 242 g/mol. The van der Waals surface area contributed by atoms with Crippen molar-refractivity contribution < 1.29 is 5.11 Å². The molecule has 0 aliphatic heterocycles. The van der Waals surface area contributed by atoms with Crippen LogP contribution in [0.5, 0.6) is 0 Å². The van der Waals surface area contributed by atoms with Crippen LogP contribution in [0.15, 0.2) is 54.9 Å². The van der Waals surface area contributed by atoms with E-state index in [1.54, 1.807) is 12.4 Å². The quantitative estimate of drug-likeness (QED) is 0.842. The lowest BCUT2D eigenvalue weighted by atomic mass is 10.2. The van der Waals surface area contributed by atoms with E-state index in [0.717, 1.165) is 13.1 Å². The van der Waals surface area contributed by atoms with Gasteiger partial charge in [0.15, 0.2) is 0 Å². The summed E-state index contributed by atoms with van der Waals surface area (Å²) in [4.78, 5) is 6.24. The third-order valence-electron chi connectivity index (χ3n) is 2.82. The number of hydrogen-bond acceptors (Lipinski definition) is 3. The molecule has 3 heteroatoms. The molecule has 0 aliphatic rings. The fraction of sp³-hybridized carbons (Fsp3) is 0.267. The van der Waals surface area contributed by atoms with E-state index in [2.05, 4.69) is 22.0 Å². The maximum Gasteiger partial charge on any atom is 0.0558 e. The van der Waals surface area contributed by atoms with Gasteiger partial charge in [-0.15, -0.1) is 0 Å². The molecular weight excluding hydrogens is 224 g/mol. The molecule has 0 saturated carbocycles. The van der Waals surface area contributed by atoms with E-state index in [4.69, 9.17) is 5.11 Å². The van der Waals surface area contributed by atoms with E-state index < -0.39 is 0 Å². The van der Waals surface area contributed by atoms with Crippen molar-refractivity contribution in [1.29, 1.82) is 0 Å². The Morgan fingerprint density at radius 2 is 1.50 bits per heavy atom. The number of hydrogen-bond donors (Lipinski definition) is 1. The average molecular weight is 242 g/mol. The normalized spacial score (nSPS) is 10.8. The van der Waals surface area contributed by atoms with Gasteiger partial charge < -0.3 is 5.11 Å². The molecule has 3 nitrogen and oxygen atoms in total. The molecule has 0 aliphatic carbocycles. The molecular formula is C15H18N2O. The standard InChI is InChI=1S/C15H18N2O/c18-11-10-17(12-14-4-2-1-3-5-14)13-15-6-8-16-9-7-15/h1-9,18H,10-13H2. The van der Waals surface area contributed by atoms with Crippen molar-refractivity contribution in [3.63, 3.8) is 0 Å². The minimum absolute atomic E-state index is 0.178. The molecule has 0 radical (unpaired) electrons. The molecule has 0 saturated heterocycles. The van der Waals surface area contributed by atoms with Crippen molar-refractivity contribution in [2.45, 2.75) is 13.1 Å². The second-order valence-electron chi connectivity index (χ2n) is 4.28. The van der Waals surface area contributed by atoms with E-state index in [-0.39, 0.29) is 6.61 Å². The summed E-state index contributed by atoms with van der Waals surface area (Å²) in [5.41, 5.74) is 2.48. The number of rotatable bonds is 6. The van der Waals surface area contributed by atoms with Crippen LogP contribution in [0, 0.1) is 0 Å². The van der Waals surface area contributed by atoms with E-state index in [0.29, 0.717) is 6.54 Å². The Morgan fingerprint density at radius 1 is 0.889 bits per heavy atom. The Hall–Kier alpha value is -1.71. The van der Waals surface area contributed by atoms with Crippen molar-refractivity contribution in [3.8, 4) is 0 Å². The molecule has 1 aromatic carbocycles. The lowest BCUT2D eigenvalue weighted by Crippen LogP contribution is -2.26. The smallest absolute Gasteiger partial charge is 0.0558 e. The highest BCUT2D eigenvalue weighted by Gasteiger charge is 2.06. The Kier molecular flexibility index (Phi) is 4.88. The van der Waals surface area contributed by atoms with Gasteiger partial charge in [-0.2, -0.15) is 0 Å². The average Bonchev–Trinajstić information content (AvgIpc) is 2.41. The van der Waals surface area contributed by atoms with Crippen LogP contribution in [-0.4, -0.2) is 28.1 Å². The van der Waals surface area contributed by atoms with Crippen LogP contribution >= 0.6 is 0 Å². The third-order valence-corrected chi connectivity index (χ3v) is 2.82. The van der Waals surface area contributed by atoms with Crippen LogP contribution in [0.1, 0.15) is 11.1 Å². The van der Waals surface area contributed by atoms with Gasteiger partial charge in [-0.1, -0.05) is 30.3 Å². The largest absolute Gasteiger partial charge is 0.395 e. The van der Waals surface area contributed by atoms with Crippen LogP contribution < -0.4 is 0 Å². The molecule has 2 aromatic rings. The molecule has 0 spiro atoms. The zero-order valence-corrected chi connectivity index (χ0v) is 10.4. The summed E-state index contributed by atoms with van der Waals surface area (Å²) < 4.78 is 0. The van der Waals surface area contributed by atoms with Crippen molar-refractivity contribution >= 4 is 0 Å². The minimum Gasteiger partial charge on any atom is -0.395 e. The first kappa shape index (κ1) is 12.7. The van der Waals surface area contributed by atoms with Gasteiger partial charge in [0.05, 0.1) is 6.61 Å². The van der Waals surface area contributed by atoms with E-state index in [1.807, 2.05) is 30.3 Å². The number of aliphatic hydroxyl groups is 1. The Bertz CT molecular complexity index is 403. The van der Waals surface area contributed by atoms with Gasteiger partial charge in [0.25, 0.3) is 0 Å². The maximum atomic E-state index is 9.14. The summed E-state index contributed by atoms with van der Waals surface area (Å²) in [6.45, 7) is 2.54. The molecule has 1 N–H and O–H groups in total. The van der Waals surface area contributed by atoms with Crippen LogP contribution in [0.2, 0.25) is 0 Å². The summed E-state index contributed by atoms with van der Waals surface area (Å²) in [6.07, 6.45) is 3.60. The molecule has 1 heterocycles. The number of benzene rings is 1. The van der Waals surface area contributed by atoms with Crippen LogP contribution in [0.4, 0.5) is 0 Å². The van der Waals surface area contributed by atoms with Gasteiger partial charge in [0.1, 0.15) is 0 Å². The highest BCUT2D eigenvalue weighted by molar-refractivity contribution is 5.15. The van der Waals surface area contributed by atoms with Crippen molar-refractivity contribution in [3.05, 3.63) is 66.0 Å². The number of nitrogens with zero attached hydrogens (tertiary/aromatic N) is 2. The Labute approximate surface area is 108 Å². The minimum atomic E-state index is 0.178. The third kappa shape index (κ3) is 3.95. The molecule has 1 aromatic heterocycles. The fourth-order valence-corrected chi connectivity index (χ4v) is 1.94. The van der Waals surface area contributed by atoms with E-state index >= 15 is 0 Å². The molecule has 18 heavy (non-hydrogen) atoms. The number of pyridine rings is 1. The van der Waals surface area contributed by atoms with Crippen LogP contribution in [0.3, 0.4) is 0 Å². The summed E-state index contributed by atoms with van der Waals surface area (Å²) in [5, 5.41) is 9.14. The zero-order chi connectivity index (χ0) is 12.6. The van der Waals surface area contributed by atoms with E-state index in [9.17, 15) is 0 Å². The Balaban J connectivity index is 2.00. The first-order valence-corrected chi connectivity index (χ1v) is 6.14. The highest BCUT2D eigenvalue weighted by atomic mass is 16.3. The summed E-state index contributed by atoms with van der Waals surface area (Å²) >= 11 is 0. The van der Waals surface area contributed by atoms with Crippen molar-refractivity contribution in [2.75, 3.05) is 13.2 Å².